The summed E-state index contributed by atoms with van der Waals surface area (Å²) in [4.78, 5) is 9.33. The summed E-state index contributed by atoms with van der Waals surface area (Å²) in [6, 6.07) is 0.556. The van der Waals surface area contributed by atoms with E-state index in [1.54, 1.807) is 0 Å². The minimum Gasteiger partial charge on any atom is -0.356 e. The van der Waals surface area contributed by atoms with E-state index >= 15 is 0 Å². The van der Waals surface area contributed by atoms with E-state index < -0.39 is 0 Å². The molecule has 1 saturated carbocycles. The van der Waals surface area contributed by atoms with Crippen molar-refractivity contribution in [2.45, 2.75) is 51.5 Å². The maximum absolute atomic E-state index is 4.35. The predicted molar refractivity (Wildman–Crippen MR) is 115 cm³/mol. The van der Waals surface area contributed by atoms with Gasteiger partial charge in [0, 0.05) is 52.4 Å². The molecule has 24 heavy (non-hydrogen) atoms. The molecule has 0 aromatic heterocycles. The number of hydrogen-bond acceptors (Lipinski definition) is 3. The molecule has 1 atom stereocenters. The minimum absolute atomic E-state index is 0. The lowest BCUT2D eigenvalue weighted by Gasteiger charge is -2.36. The van der Waals surface area contributed by atoms with Crippen LogP contribution in [0.3, 0.4) is 0 Å². The zero-order valence-corrected chi connectivity index (χ0v) is 18.2. The van der Waals surface area contributed by atoms with E-state index in [1.807, 2.05) is 7.05 Å². The van der Waals surface area contributed by atoms with E-state index in [0.717, 1.165) is 25.0 Å². The standard InChI is InChI=1S/C18H37N5.HI/c1-16(23-13-11-22(3)12-14-23)15-21-18(19-2)20-10-6-9-17-7-4-5-8-17;/h16-17H,4-15H2,1-3H3,(H2,19,20,21);1H. The molecule has 2 aliphatic rings. The van der Waals surface area contributed by atoms with Crippen LogP contribution in [0.1, 0.15) is 45.4 Å². The third-order valence-electron chi connectivity index (χ3n) is 5.51. The molecule has 2 N–H and O–H groups in total. The first-order chi connectivity index (χ1) is 11.2. The van der Waals surface area contributed by atoms with Crippen molar-refractivity contribution in [3.8, 4) is 0 Å². The molecule has 0 radical (unpaired) electrons. The highest BCUT2D eigenvalue weighted by Gasteiger charge is 2.19. The van der Waals surface area contributed by atoms with Crippen molar-refractivity contribution >= 4 is 29.9 Å². The van der Waals surface area contributed by atoms with Crippen LogP contribution in [0.2, 0.25) is 0 Å². The van der Waals surface area contributed by atoms with Crippen LogP contribution in [0.4, 0.5) is 0 Å². The number of nitrogens with one attached hydrogen (secondary N) is 2. The van der Waals surface area contributed by atoms with Crippen LogP contribution < -0.4 is 10.6 Å². The zero-order valence-electron chi connectivity index (χ0n) is 15.9. The lowest BCUT2D eigenvalue weighted by molar-refractivity contribution is 0.120. The van der Waals surface area contributed by atoms with Crippen molar-refractivity contribution in [2.75, 3.05) is 53.4 Å². The minimum atomic E-state index is 0. The number of piperazine rings is 1. The molecule has 1 aliphatic heterocycles. The number of nitrogens with zero attached hydrogens (tertiary/aromatic N) is 3. The Morgan fingerprint density at radius 1 is 1.12 bits per heavy atom. The van der Waals surface area contributed by atoms with E-state index in [1.165, 1.54) is 64.7 Å². The van der Waals surface area contributed by atoms with Gasteiger partial charge in [-0.25, -0.2) is 0 Å². The first-order valence-electron chi connectivity index (χ1n) is 9.56. The Morgan fingerprint density at radius 2 is 1.79 bits per heavy atom. The molecule has 0 aromatic carbocycles. The Hall–Kier alpha value is -0.0800. The lowest BCUT2D eigenvalue weighted by Crippen LogP contribution is -2.52. The van der Waals surface area contributed by atoms with Crippen LogP contribution in [-0.4, -0.2) is 75.2 Å². The summed E-state index contributed by atoms with van der Waals surface area (Å²) in [6.45, 7) is 9.02. The lowest BCUT2D eigenvalue weighted by atomic mass is 10.0. The average Bonchev–Trinajstić information content (AvgIpc) is 3.08. The molecule has 1 heterocycles. The zero-order chi connectivity index (χ0) is 16.5. The van der Waals surface area contributed by atoms with Crippen molar-refractivity contribution < 1.29 is 0 Å². The van der Waals surface area contributed by atoms with Gasteiger partial charge in [0.05, 0.1) is 0 Å². The molecule has 6 heteroatoms. The molecular weight excluding hydrogens is 413 g/mol. The van der Waals surface area contributed by atoms with Crippen LogP contribution >= 0.6 is 24.0 Å². The van der Waals surface area contributed by atoms with Gasteiger partial charge in [-0.1, -0.05) is 25.7 Å². The number of hydrogen-bond donors (Lipinski definition) is 2. The van der Waals surface area contributed by atoms with Gasteiger partial charge in [0.1, 0.15) is 0 Å². The normalized spacial score (nSPS) is 22.2. The third-order valence-corrected chi connectivity index (χ3v) is 5.51. The van der Waals surface area contributed by atoms with Crippen molar-refractivity contribution in [1.82, 2.24) is 20.4 Å². The smallest absolute Gasteiger partial charge is 0.191 e. The Bertz CT molecular complexity index is 349. The molecule has 0 aromatic rings. The summed E-state index contributed by atoms with van der Waals surface area (Å²) in [5.74, 6) is 1.95. The molecule has 0 bridgehead atoms. The number of likely N-dealkylation sites (N-methyl/N-ethyl adjacent to an activating group) is 1. The summed E-state index contributed by atoms with van der Waals surface area (Å²) in [5, 5.41) is 6.96. The van der Waals surface area contributed by atoms with E-state index in [9.17, 15) is 0 Å². The molecule has 1 aliphatic carbocycles. The molecule has 5 nitrogen and oxygen atoms in total. The molecular formula is C18H38IN5. The summed E-state index contributed by atoms with van der Waals surface area (Å²) in [6.07, 6.45) is 8.45. The van der Waals surface area contributed by atoms with Gasteiger partial charge in [-0.05, 0) is 32.7 Å². The molecule has 0 spiro atoms. The Labute approximate surface area is 166 Å². The molecule has 0 amide bonds. The summed E-state index contributed by atoms with van der Waals surface area (Å²) >= 11 is 0. The van der Waals surface area contributed by atoms with Crippen LogP contribution in [0.5, 0.6) is 0 Å². The molecule has 2 fully saturated rings. The quantitative estimate of drug-likeness (QED) is 0.270. The fraction of sp³-hybridized carbons (Fsp3) is 0.944. The second-order valence-corrected chi connectivity index (χ2v) is 7.36. The molecule has 142 valence electrons. The Morgan fingerprint density at radius 3 is 2.42 bits per heavy atom. The fourth-order valence-electron chi connectivity index (χ4n) is 3.75. The second-order valence-electron chi connectivity index (χ2n) is 7.36. The number of guanidine groups is 1. The summed E-state index contributed by atoms with van der Waals surface area (Å²) < 4.78 is 0. The van der Waals surface area contributed by atoms with Crippen molar-refractivity contribution in [1.29, 1.82) is 0 Å². The maximum atomic E-state index is 4.35. The van der Waals surface area contributed by atoms with Crippen LogP contribution in [-0.2, 0) is 0 Å². The molecule has 1 unspecified atom stereocenters. The van der Waals surface area contributed by atoms with Crippen LogP contribution in [0.15, 0.2) is 4.99 Å². The predicted octanol–water partition coefficient (Wildman–Crippen LogP) is 2.38. The van der Waals surface area contributed by atoms with Crippen LogP contribution in [0.25, 0.3) is 0 Å². The van der Waals surface area contributed by atoms with E-state index in [2.05, 4.69) is 39.4 Å². The Balaban J connectivity index is 0.00000288. The maximum Gasteiger partial charge on any atom is 0.191 e. The van der Waals surface area contributed by atoms with Gasteiger partial charge >= 0.3 is 0 Å². The van der Waals surface area contributed by atoms with Crippen molar-refractivity contribution in [3.05, 3.63) is 0 Å². The second kappa shape index (κ2) is 12.3. The highest BCUT2D eigenvalue weighted by Crippen LogP contribution is 2.28. The van der Waals surface area contributed by atoms with E-state index in [-0.39, 0.29) is 24.0 Å². The van der Waals surface area contributed by atoms with Gasteiger partial charge in [0.25, 0.3) is 0 Å². The average molecular weight is 451 g/mol. The first kappa shape index (κ1) is 22.0. The highest BCUT2D eigenvalue weighted by molar-refractivity contribution is 14.0. The van der Waals surface area contributed by atoms with Gasteiger partial charge in [0.15, 0.2) is 5.96 Å². The fourth-order valence-corrected chi connectivity index (χ4v) is 3.75. The highest BCUT2D eigenvalue weighted by atomic mass is 127. The van der Waals surface area contributed by atoms with Gasteiger partial charge < -0.3 is 15.5 Å². The first-order valence-corrected chi connectivity index (χ1v) is 9.56. The van der Waals surface area contributed by atoms with Gasteiger partial charge in [0.2, 0.25) is 0 Å². The largest absolute Gasteiger partial charge is 0.356 e. The molecule has 2 rings (SSSR count). The van der Waals surface area contributed by atoms with Crippen molar-refractivity contribution in [2.24, 2.45) is 10.9 Å². The van der Waals surface area contributed by atoms with Crippen molar-refractivity contribution in [3.63, 3.8) is 0 Å². The number of aliphatic imine (C=N–C) groups is 1. The topological polar surface area (TPSA) is 42.9 Å². The van der Waals surface area contributed by atoms with E-state index in [4.69, 9.17) is 0 Å². The van der Waals surface area contributed by atoms with Gasteiger partial charge in [-0.15, -0.1) is 24.0 Å². The number of halogens is 1. The van der Waals surface area contributed by atoms with Crippen LogP contribution in [0, 0.1) is 5.92 Å². The van der Waals surface area contributed by atoms with Gasteiger partial charge in [-0.3, -0.25) is 9.89 Å². The number of rotatable bonds is 7. The molecule has 1 saturated heterocycles. The third kappa shape index (κ3) is 7.87. The monoisotopic (exact) mass is 451 g/mol. The Kier molecular flexibility index (Phi) is 11.3. The SMILES string of the molecule is CN=C(NCCCC1CCCC1)NCC(C)N1CCN(C)CC1.I. The van der Waals surface area contributed by atoms with Gasteiger partial charge in [-0.2, -0.15) is 0 Å². The summed E-state index contributed by atoms with van der Waals surface area (Å²) in [5.41, 5.74) is 0. The van der Waals surface area contributed by atoms with E-state index in [0.29, 0.717) is 6.04 Å². The summed E-state index contributed by atoms with van der Waals surface area (Å²) in [7, 11) is 4.07.